The normalized spacial score (nSPS) is 14.0. The molecule has 1 aliphatic rings. The van der Waals surface area contributed by atoms with Gasteiger partial charge in [0.05, 0.1) is 36.8 Å². The lowest BCUT2D eigenvalue weighted by molar-refractivity contribution is -0.118. The molecule has 0 radical (unpaired) electrons. The van der Waals surface area contributed by atoms with Gasteiger partial charge in [0, 0.05) is 0 Å². The van der Waals surface area contributed by atoms with Gasteiger partial charge in [-0.25, -0.2) is 0 Å². The van der Waals surface area contributed by atoms with Gasteiger partial charge < -0.3 is 15.2 Å². The van der Waals surface area contributed by atoms with E-state index in [1.807, 2.05) is 13.8 Å². The molecule has 7 heteroatoms. The van der Waals surface area contributed by atoms with Crippen LogP contribution in [0.25, 0.3) is 0 Å². The SMILES string of the molecule is CCOc1ccc(C(CC(N)=O)N2C(=O)c3ccccc3C2=O)cc1OCC. The lowest BCUT2D eigenvalue weighted by Crippen LogP contribution is -2.36. The molecule has 1 heterocycles. The van der Waals surface area contributed by atoms with Gasteiger partial charge in [0.1, 0.15) is 0 Å². The second kappa shape index (κ2) is 8.12. The third kappa shape index (κ3) is 3.55. The van der Waals surface area contributed by atoms with E-state index >= 15 is 0 Å². The van der Waals surface area contributed by atoms with Gasteiger partial charge in [-0.2, -0.15) is 0 Å². The zero-order valence-corrected chi connectivity index (χ0v) is 15.8. The topological polar surface area (TPSA) is 98.9 Å². The van der Waals surface area contributed by atoms with Crippen LogP contribution in [0.15, 0.2) is 42.5 Å². The molecule has 0 saturated heterocycles. The van der Waals surface area contributed by atoms with Crippen LogP contribution in [-0.2, 0) is 4.79 Å². The molecule has 0 aliphatic carbocycles. The summed E-state index contributed by atoms with van der Waals surface area (Å²) in [4.78, 5) is 38.6. The molecule has 7 nitrogen and oxygen atoms in total. The summed E-state index contributed by atoms with van der Waals surface area (Å²) in [6.07, 6.45) is -0.189. The second-order valence-electron chi connectivity index (χ2n) is 6.28. The maximum atomic E-state index is 12.9. The molecule has 0 bridgehead atoms. The van der Waals surface area contributed by atoms with Crippen molar-refractivity contribution in [1.82, 2.24) is 4.90 Å². The highest BCUT2D eigenvalue weighted by atomic mass is 16.5. The average molecular weight is 382 g/mol. The molecule has 3 amide bonds. The van der Waals surface area contributed by atoms with Crippen LogP contribution in [0.1, 0.15) is 52.6 Å². The fourth-order valence-electron chi connectivity index (χ4n) is 3.31. The smallest absolute Gasteiger partial charge is 0.262 e. The Balaban J connectivity index is 2.04. The van der Waals surface area contributed by atoms with Crippen LogP contribution in [0.3, 0.4) is 0 Å². The third-order valence-electron chi connectivity index (χ3n) is 4.48. The highest BCUT2D eigenvalue weighted by Crippen LogP contribution is 2.37. The van der Waals surface area contributed by atoms with E-state index in [1.165, 1.54) is 0 Å². The Kier molecular flexibility index (Phi) is 5.63. The summed E-state index contributed by atoms with van der Waals surface area (Å²) >= 11 is 0. The molecule has 28 heavy (non-hydrogen) atoms. The zero-order chi connectivity index (χ0) is 20.3. The van der Waals surface area contributed by atoms with Gasteiger partial charge in [0.25, 0.3) is 11.8 Å². The van der Waals surface area contributed by atoms with Crippen molar-refractivity contribution < 1.29 is 23.9 Å². The number of carbonyl (C=O) groups is 3. The first-order valence-electron chi connectivity index (χ1n) is 9.12. The van der Waals surface area contributed by atoms with Crippen LogP contribution in [0.2, 0.25) is 0 Å². The second-order valence-corrected chi connectivity index (χ2v) is 6.28. The Morgan fingerprint density at radius 2 is 1.54 bits per heavy atom. The molecule has 2 aromatic rings. The first kappa shape index (κ1) is 19.4. The first-order valence-corrected chi connectivity index (χ1v) is 9.12. The van der Waals surface area contributed by atoms with Crippen molar-refractivity contribution in [1.29, 1.82) is 0 Å². The highest BCUT2D eigenvalue weighted by molar-refractivity contribution is 6.21. The Hall–Kier alpha value is -3.35. The molecular weight excluding hydrogens is 360 g/mol. The number of ether oxygens (including phenoxy) is 2. The molecule has 0 spiro atoms. The van der Waals surface area contributed by atoms with E-state index < -0.39 is 23.8 Å². The summed E-state index contributed by atoms with van der Waals surface area (Å²) < 4.78 is 11.2. The van der Waals surface area contributed by atoms with Gasteiger partial charge in [-0.05, 0) is 43.7 Å². The summed E-state index contributed by atoms with van der Waals surface area (Å²) in [6.45, 7) is 4.57. The summed E-state index contributed by atoms with van der Waals surface area (Å²) in [6, 6.07) is 10.9. The lowest BCUT2D eigenvalue weighted by Gasteiger charge is -2.26. The number of fused-ring (bicyclic) bond motifs is 1. The Bertz CT molecular complexity index is 890. The van der Waals surface area contributed by atoms with Crippen molar-refractivity contribution in [2.45, 2.75) is 26.3 Å². The fraction of sp³-hybridized carbons (Fsp3) is 0.286. The summed E-state index contributed by atoms with van der Waals surface area (Å²) in [5.41, 5.74) is 6.63. The van der Waals surface area contributed by atoms with Gasteiger partial charge >= 0.3 is 0 Å². The summed E-state index contributed by atoms with van der Waals surface area (Å²) in [5.74, 6) is -0.480. The number of nitrogens with zero attached hydrogens (tertiary/aromatic N) is 1. The van der Waals surface area contributed by atoms with E-state index in [4.69, 9.17) is 15.2 Å². The third-order valence-corrected chi connectivity index (χ3v) is 4.48. The van der Waals surface area contributed by atoms with Gasteiger partial charge in [0.15, 0.2) is 11.5 Å². The summed E-state index contributed by atoms with van der Waals surface area (Å²) in [5, 5.41) is 0. The monoisotopic (exact) mass is 382 g/mol. The van der Waals surface area contributed by atoms with E-state index in [1.54, 1.807) is 42.5 Å². The van der Waals surface area contributed by atoms with Crippen LogP contribution < -0.4 is 15.2 Å². The molecule has 2 aromatic carbocycles. The van der Waals surface area contributed by atoms with Crippen molar-refractivity contribution in [3.8, 4) is 11.5 Å². The molecule has 0 saturated carbocycles. The average Bonchev–Trinajstić information content (AvgIpc) is 2.93. The molecule has 146 valence electrons. The fourth-order valence-corrected chi connectivity index (χ4v) is 3.31. The number of rotatable bonds is 8. The molecule has 3 rings (SSSR count). The molecule has 1 atom stereocenters. The van der Waals surface area contributed by atoms with Crippen LogP contribution in [0, 0.1) is 0 Å². The molecule has 0 fully saturated rings. The van der Waals surface area contributed by atoms with E-state index in [2.05, 4.69) is 0 Å². The molecule has 1 aliphatic heterocycles. The van der Waals surface area contributed by atoms with Gasteiger partial charge in [-0.1, -0.05) is 18.2 Å². The van der Waals surface area contributed by atoms with E-state index in [-0.39, 0.29) is 6.42 Å². The lowest BCUT2D eigenvalue weighted by atomic mass is 10.0. The van der Waals surface area contributed by atoms with Crippen LogP contribution >= 0.6 is 0 Å². The maximum absolute atomic E-state index is 12.9. The number of imide groups is 1. The Labute approximate surface area is 163 Å². The number of carbonyl (C=O) groups excluding carboxylic acids is 3. The molecule has 0 aromatic heterocycles. The predicted octanol–water partition coefficient (Wildman–Crippen LogP) is 2.70. The number of amides is 3. The number of primary amides is 1. The van der Waals surface area contributed by atoms with Gasteiger partial charge in [-0.15, -0.1) is 0 Å². The van der Waals surface area contributed by atoms with E-state index in [0.717, 1.165) is 4.90 Å². The minimum absolute atomic E-state index is 0.189. The maximum Gasteiger partial charge on any atom is 0.262 e. The quantitative estimate of drug-likeness (QED) is 0.708. The minimum Gasteiger partial charge on any atom is -0.490 e. The van der Waals surface area contributed by atoms with E-state index in [0.29, 0.717) is 41.4 Å². The van der Waals surface area contributed by atoms with Crippen molar-refractivity contribution in [3.05, 3.63) is 59.2 Å². The number of benzene rings is 2. The van der Waals surface area contributed by atoms with Gasteiger partial charge in [0.2, 0.25) is 5.91 Å². The van der Waals surface area contributed by atoms with Gasteiger partial charge in [-0.3, -0.25) is 19.3 Å². The number of nitrogens with two attached hydrogens (primary N) is 1. The minimum atomic E-state index is -0.834. The Morgan fingerprint density at radius 3 is 2.07 bits per heavy atom. The summed E-state index contributed by atoms with van der Waals surface area (Å²) in [7, 11) is 0. The molecular formula is C21H22N2O5. The highest BCUT2D eigenvalue weighted by Gasteiger charge is 2.41. The zero-order valence-electron chi connectivity index (χ0n) is 15.8. The largest absolute Gasteiger partial charge is 0.490 e. The van der Waals surface area contributed by atoms with Crippen molar-refractivity contribution >= 4 is 17.7 Å². The van der Waals surface area contributed by atoms with E-state index in [9.17, 15) is 14.4 Å². The van der Waals surface area contributed by atoms with Crippen molar-refractivity contribution in [3.63, 3.8) is 0 Å². The van der Waals surface area contributed by atoms with Crippen LogP contribution in [-0.4, -0.2) is 35.8 Å². The van der Waals surface area contributed by atoms with Crippen molar-refractivity contribution in [2.75, 3.05) is 13.2 Å². The Morgan fingerprint density at radius 1 is 0.964 bits per heavy atom. The van der Waals surface area contributed by atoms with Crippen LogP contribution in [0.4, 0.5) is 0 Å². The number of hydrogen-bond acceptors (Lipinski definition) is 5. The first-order chi connectivity index (χ1) is 13.5. The number of hydrogen-bond donors (Lipinski definition) is 1. The molecule has 2 N–H and O–H groups in total. The molecule has 1 unspecified atom stereocenters. The predicted molar refractivity (Wildman–Crippen MR) is 102 cm³/mol. The van der Waals surface area contributed by atoms with Crippen LogP contribution in [0.5, 0.6) is 11.5 Å². The van der Waals surface area contributed by atoms with Crippen molar-refractivity contribution in [2.24, 2.45) is 5.73 Å². The standard InChI is InChI=1S/C21H22N2O5/c1-3-27-17-10-9-13(11-18(17)28-4-2)16(12-19(22)24)23-20(25)14-7-5-6-8-15(14)21(23)26/h5-11,16H,3-4,12H2,1-2H3,(H2,22,24).